The van der Waals surface area contributed by atoms with E-state index in [0.717, 1.165) is 0 Å². The molecular weight excluding hydrogens is 103 g/mol. The van der Waals surface area contributed by atoms with Crippen molar-refractivity contribution in [1.82, 2.24) is 14.9 Å². The van der Waals surface area contributed by atoms with Crippen molar-refractivity contribution >= 4 is 7.41 Å². The molecule has 0 saturated carbocycles. The van der Waals surface area contributed by atoms with E-state index >= 15 is 0 Å². The van der Waals surface area contributed by atoms with Gasteiger partial charge in [0.1, 0.15) is 0 Å². The van der Waals surface area contributed by atoms with E-state index in [-0.39, 0.29) is 0 Å². The van der Waals surface area contributed by atoms with Gasteiger partial charge in [-0.05, 0) is 13.6 Å². The van der Waals surface area contributed by atoms with Gasteiger partial charge in [0.15, 0.2) is 0 Å². The summed E-state index contributed by atoms with van der Waals surface area (Å²) in [7, 11) is 1.26. The average molecular weight is 105 g/mol. The summed E-state index contributed by atoms with van der Waals surface area (Å²) >= 11 is 0. The van der Waals surface area contributed by atoms with Gasteiger partial charge < -0.3 is 4.59 Å². The molecule has 0 spiro atoms. The third kappa shape index (κ3) is 0.848. The maximum Gasteiger partial charge on any atom is 0.0649 e. The topological polar surface area (TPSA) is 54.5 Å². The average Bonchev–Trinajstić information content (AvgIpc) is 2.19. The van der Waals surface area contributed by atoms with Crippen molar-refractivity contribution in [2.75, 3.05) is 0 Å². The van der Waals surface area contributed by atoms with Crippen molar-refractivity contribution in [2.45, 2.75) is 0 Å². The van der Waals surface area contributed by atoms with Gasteiger partial charge in [0.05, 0.1) is 6.20 Å². The van der Waals surface area contributed by atoms with Crippen LogP contribution in [0.15, 0.2) is 12.4 Å². The van der Waals surface area contributed by atoms with E-state index in [9.17, 15) is 0 Å². The molecule has 1 aromatic rings. The Morgan fingerprint density at radius 3 is 3.12 bits per heavy atom. The summed E-state index contributed by atoms with van der Waals surface area (Å²) < 4.78 is 1.33. The molecule has 4 nitrogen and oxygen atoms in total. The van der Waals surface area contributed by atoms with Crippen LogP contribution in [-0.4, -0.2) is 22.3 Å². The van der Waals surface area contributed by atoms with Crippen LogP contribution in [0.5, 0.6) is 0 Å². The molecule has 8 heavy (non-hydrogen) atoms. The highest BCUT2D eigenvalue weighted by Gasteiger charge is 1.70. The Hall–Kier alpha value is -1.31. The van der Waals surface area contributed by atoms with Crippen LogP contribution in [0.1, 0.15) is 0 Å². The van der Waals surface area contributed by atoms with Crippen molar-refractivity contribution in [1.29, 1.82) is 5.26 Å². The van der Waals surface area contributed by atoms with Crippen LogP contribution in [0.2, 0.25) is 0 Å². The van der Waals surface area contributed by atoms with E-state index in [2.05, 4.69) is 10.3 Å². The van der Waals surface area contributed by atoms with Gasteiger partial charge in [-0.2, -0.15) is 0 Å². The Morgan fingerprint density at radius 2 is 2.62 bits per heavy atom. The Bertz CT molecular complexity index is 186. The van der Waals surface area contributed by atoms with Crippen LogP contribution in [0.3, 0.4) is 0 Å². The first kappa shape index (κ1) is 4.84. The molecule has 0 bridgehead atoms. The minimum Gasteiger partial charge on any atom is -0.479 e. The SMILES string of the molecule is N#C[B-]n1ccnn1. The maximum atomic E-state index is 8.04. The molecule has 0 atom stereocenters. The molecule has 38 valence electrons. The Kier molecular flexibility index (Phi) is 1.28. The fourth-order valence-electron chi connectivity index (χ4n) is 0.345. The van der Waals surface area contributed by atoms with Crippen molar-refractivity contribution in [3.05, 3.63) is 12.4 Å². The molecule has 0 aliphatic rings. The summed E-state index contributed by atoms with van der Waals surface area (Å²) in [6.45, 7) is 0. The highest BCUT2D eigenvalue weighted by Crippen LogP contribution is 1.70. The van der Waals surface area contributed by atoms with Gasteiger partial charge >= 0.3 is 0 Å². The lowest BCUT2D eigenvalue weighted by molar-refractivity contribution is 0.872. The minimum atomic E-state index is 1.26. The van der Waals surface area contributed by atoms with E-state index in [4.69, 9.17) is 5.26 Å². The summed E-state index contributed by atoms with van der Waals surface area (Å²) in [5, 5.41) is 15.0. The van der Waals surface area contributed by atoms with Crippen LogP contribution >= 0.6 is 0 Å². The van der Waals surface area contributed by atoms with Crippen LogP contribution in [0.25, 0.3) is 0 Å². The normalized spacial score (nSPS) is 8.38. The van der Waals surface area contributed by atoms with E-state index in [1.807, 2.05) is 0 Å². The quantitative estimate of drug-likeness (QED) is 0.440. The predicted octanol–water partition coefficient (Wildman–Crippen LogP) is -0.774. The summed E-state index contributed by atoms with van der Waals surface area (Å²) in [6, 6.07) is 0. The molecule has 0 N–H and O–H groups in total. The summed E-state index contributed by atoms with van der Waals surface area (Å²) in [4.78, 5) is 0. The van der Waals surface area contributed by atoms with E-state index in [1.165, 1.54) is 18.2 Å². The molecule has 0 amide bonds. The van der Waals surface area contributed by atoms with Crippen LogP contribution in [0, 0.1) is 11.2 Å². The zero-order valence-electron chi connectivity index (χ0n) is 4.02. The van der Waals surface area contributed by atoms with Gasteiger partial charge in [0.2, 0.25) is 0 Å². The largest absolute Gasteiger partial charge is 0.479 e. The van der Waals surface area contributed by atoms with Crippen molar-refractivity contribution < 1.29 is 0 Å². The first-order chi connectivity index (χ1) is 3.93. The van der Waals surface area contributed by atoms with Crippen molar-refractivity contribution in [3.8, 4) is 5.97 Å². The zero-order valence-corrected chi connectivity index (χ0v) is 4.02. The number of rotatable bonds is 1. The third-order valence-corrected chi connectivity index (χ3v) is 0.631. The van der Waals surface area contributed by atoms with Crippen LogP contribution < -0.4 is 0 Å². The van der Waals surface area contributed by atoms with E-state index in [0.29, 0.717) is 0 Å². The first-order valence-corrected chi connectivity index (χ1v) is 2.02. The van der Waals surface area contributed by atoms with E-state index in [1.54, 1.807) is 12.2 Å². The monoisotopic (exact) mass is 105 g/mol. The van der Waals surface area contributed by atoms with Crippen molar-refractivity contribution in [3.63, 3.8) is 0 Å². The smallest absolute Gasteiger partial charge is 0.0649 e. The van der Waals surface area contributed by atoms with Crippen molar-refractivity contribution in [2.24, 2.45) is 0 Å². The summed E-state index contributed by atoms with van der Waals surface area (Å²) in [5.41, 5.74) is 0. The lowest BCUT2D eigenvalue weighted by atomic mass is 10.0. The molecular formula is C3H2BN4-. The molecule has 0 unspecified atom stereocenters. The third-order valence-electron chi connectivity index (χ3n) is 0.631. The molecule has 0 aliphatic carbocycles. The molecule has 0 saturated heterocycles. The van der Waals surface area contributed by atoms with Crippen LogP contribution in [-0.2, 0) is 0 Å². The van der Waals surface area contributed by atoms with Gasteiger partial charge in [0, 0.05) is 0 Å². The fourth-order valence-corrected chi connectivity index (χ4v) is 0.345. The summed E-state index contributed by atoms with van der Waals surface area (Å²) in [5.74, 6) is 1.81. The number of hydrogen-bond donors (Lipinski definition) is 0. The van der Waals surface area contributed by atoms with Crippen LogP contribution in [0.4, 0.5) is 0 Å². The lowest BCUT2D eigenvalue weighted by Crippen LogP contribution is -2.03. The number of nitriles is 1. The second kappa shape index (κ2) is 2.12. The van der Waals surface area contributed by atoms with Gasteiger partial charge in [0.25, 0.3) is 0 Å². The molecule has 1 aromatic heterocycles. The highest BCUT2D eigenvalue weighted by molar-refractivity contribution is 6.42. The fraction of sp³-hybridized carbons (Fsp3) is 0. The maximum absolute atomic E-state index is 8.04. The van der Waals surface area contributed by atoms with Gasteiger partial charge in [-0.15, -0.1) is 10.3 Å². The molecule has 2 radical (unpaired) electrons. The predicted molar refractivity (Wildman–Crippen MR) is 26.8 cm³/mol. The first-order valence-electron chi connectivity index (χ1n) is 2.02. The number of hydrogen-bond acceptors (Lipinski definition) is 3. The minimum absolute atomic E-state index is 1.26. The standard InChI is InChI=1S/C3H2BN4/c5-3-4-8-2-1-6-7-8/h1-2H/q-1. The Balaban J connectivity index is 2.67. The molecule has 0 aliphatic heterocycles. The molecule has 1 rings (SSSR count). The van der Waals surface area contributed by atoms with Gasteiger partial charge in [-0.3, -0.25) is 5.26 Å². The summed E-state index contributed by atoms with van der Waals surface area (Å²) in [6.07, 6.45) is 3.09. The Morgan fingerprint density at radius 1 is 1.75 bits per heavy atom. The number of nitrogens with zero attached hydrogens (tertiary/aromatic N) is 4. The second-order valence-corrected chi connectivity index (χ2v) is 1.14. The molecule has 0 aromatic carbocycles. The molecule has 5 heteroatoms. The van der Waals surface area contributed by atoms with Gasteiger partial charge in [-0.25, -0.2) is 5.97 Å². The number of aromatic nitrogens is 3. The van der Waals surface area contributed by atoms with E-state index < -0.39 is 0 Å². The molecule has 0 fully saturated rings. The molecule has 1 heterocycles. The highest BCUT2D eigenvalue weighted by atomic mass is 15.4. The second-order valence-electron chi connectivity index (χ2n) is 1.14. The lowest BCUT2D eigenvalue weighted by Gasteiger charge is -2.00. The Labute approximate surface area is 47.0 Å². The zero-order chi connectivity index (χ0) is 5.82. The van der Waals surface area contributed by atoms with Gasteiger partial charge in [-0.1, -0.05) is 0 Å².